The first-order valence-corrected chi connectivity index (χ1v) is 5.70. The predicted molar refractivity (Wildman–Crippen MR) is 67.6 cm³/mol. The maximum Gasteiger partial charge on any atom is 0.151 e. The number of hydrogen-bond acceptors (Lipinski definition) is 3. The van der Waals surface area contributed by atoms with Gasteiger partial charge in [0, 0.05) is 5.69 Å². The summed E-state index contributed by atoms with van der Waals surface area (Å²) in [6.45, 7) is 10.3. The average molecular weight is 220 g/mol. The summed E-state index contributed by atoms with van der Waals surface area (Å²) in [7, 11) is 0. The molecular weight excluding hydrogens is 200 g/mol. The highest BCUT2D eigenvalue weighted by molar-refractivity contribution is 5.71. The summed E-state index contributed by atoms with van der Waals surface area (Å²) >= 11 is 0. The van der Waals surface area contributed by atoms with E-state index in [1.54, 1.807) is 0 Å². The monoisotopic (exact) mass is 220 g/mol. The molecule has 2 aromatic heterocycles. The van der Waals surface area contributed by atoms with E-state index in [9.17, 15) is 0 Å². The molecule has 2 aromatic rings. The number of nitrogens with zero attached hydrogens (tertiary/aromatic N) is 3. The fourth-order valence-electron chi connectivity index (χ4n) is 1.70. The van der Waals surface area contributed by atoms with Crippen molar-refractivity contribution >= 4 is 11.3 Å². The minimum atomic E-state index is 0.437. The summed E-state index contributed by atoms with van der Waals surface area (Å²) in [5.74, 6) is 0.990. The van der Waals surface area contributed by atoms with Gasteiger partial charge < -0.3 is 5.73 Å². The van der Waals surface area contributed by atoms with Crippen LogP contribution in [0.25, 0.3) is 5.52 Å². The Kier molecular flexibility index (Phi) is 3.88. The molecule has 4 nitrogen and oxygen atoms in total. The summed E-state index contributed by atoms with van der Waals surface area (Å²) in [5.41, 5.74) is 9.08. The fourth-order valence-corrected chi connectivity index (χ4v) is 1.70. The second kappa shape index (κ2) is 4.96. The Balaban J connectivity index is 0.000000606. The molecule has 0 aliphatic heterocycles. The van der Waals surface area contributed by atoms with E-state index < -0.39 is 0 Å². The summed E-state index contributed by atoms with van der Waals surface area (Å²) in [4.78, 5) is 4.01. The molecule has 0 spiro atoms. The second-order valence-corrected chi connectivity index (χ2v) is 3.80. The van der Waals surface area contributed by atoms with Crippen molar-refractivity contribution in [3.05, 3.63) is 23.7 Å². The van der Waals surface area contributed by atoms with Crippen molar-refractivity contribution < 1.29 is 0 Å². The van der Waals surface area contributed by atoms with Crippen LogP contribution >= 0.6 is 0 Å². The fraction of sp³-hybridized carbons (Fsp3) is 0.500. The van der Waals surface area contributed by atoms with Crippen molar-refractivity contribution in [1.29, 1.82) is 0 Å². The molecule has 2 N–H and O–H groups in total. The molecule has 2 rings (SSSR count). The molecule has 0 unspecified atom stereocenters. The summed E-state index contributed by atoms with van der Waals surface area (Å²) in [5, 5.41) is 4.17. The number of fused-ring (bicyclic) bond motifs is 1. The average Bonchev–Trinajstić information content (AvgIpc) is 2.61. The zero-order valence-electron chi connectivity index (χ0n) is 10.7. The maximum absolute atomic E-state index is 5.84. The number of rotatable bonds is 1. The standard InChI is InChI=1S/C10H14N4.C2H6/c1-6(2)8-4-7(3)14-9(8)10(11)12-5-13-14;1-2/h4-6H,1-3H3,(H2,11,12,13);1-2H3. The molecular formula is C12H20N4. The number of nitrogen functional groups attached to an aromatic ring is 1. The Morgan fingerprint density at radius 1 is 1.31 bits per heavy atom. The Hall–Kier alpha value is -1.58. The first-order chi connectivity index (χ1) is 7.61. The Morgan fingerprint density at radius 3 is 2.50 bits per heavy atom. The molecule has 0 aliphatic carbocycles. The quantitative estimate of drug-likeness (QED) is 0.804. The van der Waals surface area contributed by atoms with E-state index in [-0.39, 0.29) is 0 Å². The van der Waals surface area contributed by atoms with Crippen LogP contribution in [-0.4, -0.2) is 14.6 Å². The first-order valence-electron chi connectivity index (χ1n) is 5.70. The largest absolute Gasteiger partial charge is 0.382 e. The molecule has 0 fully saturated rings. The highest BCUT2D eigenvalue weighted by atomic mass is 15.3. The number of hydrogen-bond donors (Lipinski definition) is 1. The van der Waals surface area contributed by atoms with E-state index in [2.05, 4.69) is 30.0 Å². The third-order valence-corrected chi connectivity index (χ3v) is 2.41. The first kappa shape index (κ1) is 12.5. The van der Waals surface area contributed by atoms with E-state index in [0.29, 0.717) is 11.7 Å². The van der Waals surface area contributed by atoms with Crippen LogP contribution in [0, 0.1) is 6.92 Å². The van der Waals surface area contributed by atoms with Crippen molar-refractivity contribution in [3.63, 3.8) is 0 Å². The lowest BCUT2D eigenvalue weighted by molar-refractivity contribution is 0.855. The molecule has 0 atom stereocenters. The number of aryl methyl sites for hydroxylation is 1. The van der Waals surface area contributed by atoms with E-state index in [4.69, 9.17) is 5.73 Å². The molecule has 0 amide bonds. The molecule has 0 radical (unpaired) electrons. The number of anilines is 1. The molecule has 0 aliphatic rings. The highest BCUT2D eigenvalue weighted by Gasteiger charge is 2.12. The van der Waals surface area contributed by atoms with Crippen LogP contribution in [0.4, 0.5) is 5.82 Å². The van der Waals surface area contributed by atoms with Crippen LogP contribution < -0.4 is 5.73 Å². The van der Waals surface area contributed by atoms with Gasteiger partial charge in [-0.3, -0.25) is 0 Å². The number of nitrogens with two attached hydrogens (primary N) is 1. The van der Waals surface area contributed by atoms with Crippen molar-refractivity contribution in [2.24, 2.45) is 0 Å². The Bertz CT molecular complexity index is 471. The molecule has 0 saturated carbocycles. The Morgan fingerprint density at radius 2 is 1.94 bits per heavy atom. The zero-order valence-corrected chi connectivity index (χ0v) is 10.7. The van der Waals surface area contributed by atoms with Gasteiger partial charge in [0.05, 0.1) is 0 Å². The molecule has 16 heavy (non-hydrogen) atoms. The van der Waals surface area contributed by atoms with Crippen molar-refractivity contribution in [2.45, 2.75) is 40.5 Å². The lowest BCUT2D eigenvalue weighted by atomic mass is 10.1. The molecule has 2 heterocycles. The van der Waals surface area contributed by atoms with E-state index in [1.807, 2.05) is 25.3 Å². The van der Waals surface area contributed by atoms with Gasteiger partial charge in [-0.2, -0.15) is 5.10 Å². The topological polar surface area (TPSA) is 56.2 Å². The van der Waals surface area contributed by atoms with Crippen molar-refractivity contribution in [2.75, 3.05) is 5.73 Å². The van der Waals surface area contributed by atoms with E-state index in [1.165, 1.54) is 11.9 Å². The summed E-state index contributed by atoms with van der Waals surface area (Å²) < 4.78 is 1.84. The van der Waals surface area contributed by atoms with Gasteiger partial charge in [0.25, 0.3) is 0 Å². The van der Waals surface area contributed by atoms with E-state index >= 15 is 0 Å². The van der Waals surface area contributed by atoms with Crippen molar-refractivity contribution in [3.8, 4) is 0 Å². The van der Waals surface area contributed by atoms with E-state index in [0.717, 1.165) is 11.2 Å². The van der Waals surface area contributed by atoms with Gasteiger partial charge in [0.1, 0.15) is 11.8 Å². The highest BCUT2D eigenvalue weighted by Crippen LogP contribution is 2.26. The lowest BCUT2D eigenvalue weighted by Crippen LogP contribution is -2.01. The van der Waals surface area contributed by atoms with Crippen LogP contribution in [-0.2, 0) is 0 Å². The van der Waals surface area contributed by atoms with Crippen LogP contribution in [0.1, 0.15) is 44.9 Å². The Labute approximate surface area is 96.5 Å². The van der Waals surface area contributed by atoms with Crippen LogP contribution in [0.15, 0.2) is 12.4 Å². The second-order valence-electron chi connectivity index (χ2n) is 3.80. The SMILES string of the molecule is CC.Cc1cc(C(C)C)c2c(N)ncnn12. The molecule has 0 saturated heterocycles. The summed E-state index contributed by atoms with van der Waals surface area (Å²) in [6, 6.07) is 2.12. The molecule has 4 heteroatoms. The van der Waals surface area contributed by atoms with Gasteiger partial charge in [-0.05, 0) is 24.5 Å². The van der Waals surface area contributed by atoms with Gasteiger partial charge in [0.2, 0.25) is 0 Å². The van der Waals surface area contributed by atoms with Gasteiger partial charge in [-0.1, -0.05) is 27.7 Å². The third kappa shape index (κ3) is 2.01. The molecule has 88 valence electrons. The normalized spacial score (nSPS) is 10.4. The number of aromatic nitrogens is 3. The van der Waals surface area contributed by atoms with Gasteiger partial charge in [-0.25, -0.2) is 9.50 Å². The molecule has 0 aromatic carbocycles. The lowest BCUT2D eigenvalue weighted by Gasteiger charge is -2.04. The van der Waals surface area contributed by atoms with Crippen LogP contribution in [0.2, 0.25) is 0 Å². The molecule has 0 bridgehead atoms. The maximum atomic E-state index is 5.84. The van der Waals surface area contributed by atoms with Gasteiger partial charge in [0.15, 0.2) is 5.82 Å². The predicted octanol–water partition coefficient (Wildman–Crippen LogP) is 2.77. The summed E-state index contributed by atoms with van der Waals surface area (Å²) in [6.07, 6.45) is 1.49. The van der Waals surface area contributed by atoms with Crippen molar-refractivity contribution in [1.82, 2.24) is 14.6 Å². The minimum absolute atomic E-state index is 0.437. The minimum Gasteiger partial charge on any atom is -0.382 e. The smallest absolute Gasteiger partial charge is 0.151 e. The van der Waals surface area contributed by atoms with Gasteiger partial charge in [-0.15, -0.1) is 0 Å². The van der Waals surface area contributed by atoms with Gasteiger partial charge >= 0.3 is 0 Å². The van der Waals surface area contributed by atoms with Crippen LogP contribution in [0.5, 0.6) is 0 Å². The van der Waals surface area contributed by atoms with Crippen LogP contribution in [0.3, 0.4) is 0 Å². The third-order valence-electron chi connectivity index (χ3n) is 2.41. The zero-order chi connectivity index (χ0) is 12.3.